The lowest BCUT2D eigenvalue weighted by atomic mass is 9.87. The van der Waals surface area contributed by atoms with E-state index in [0.29, 0.717) is 13.0 Å². The summed E-state index contributed by atoms with van der Waals surface area (Å²) in [6, 6.07) is -0.711. The third kappa shape index (κ3) is 5.14. The van der Waals surface area contributed by atoms with E-state index in [1.54, 1.807) is 0 Å². The van der Waals surface area contributed by atoms with Crippen LogP contribution in [0.4, 0.5) is 0 Å². The summed E-state index contributed by atoms with van der Waals surface area (Å²) in [7, 11) is 0. The van der Waals surface area contributed by atoms with Gasteiger partial charge in [0.15, 0.2) is 0 Å². The molecule has 1 N–H and O–H groups in total. The van der Waals surface area contributed by atoms with E-state index >= 15 is 0 Å². The standard InChI is InChI=1S/C12H23NO3/c1-6-7-13(9(2)14)10(11(15)16)8-12(3,4)5/h10H,6-8H2,1-5H3,(H,15,16). The predicted octanol–water partition coefficient (Wildman–Crippen LogP) is 2.13. The molecule has 0 bridgehead atoms. The number of carboxylic acid groups (broad SMARTS) is 1. The van der Waals surface area contributed by atoms with E-state index in [1.807, 2.05) is 27.7 Å². The van der Waals surface area contributed by atoms with Crippen LogP contribution in [0.3, 0.4) is 0 Å². The van der Waals surface area contributed by atoms with Crippen LogP contribution in [0.1, 0.15) is 47.5 Å². The molecule has 16 heavy (non-hydrogen) atoms. The summed E-state index contributed by atoms with van der Waals surface area (Å²) in [6.07, 6.45) is 1.25. The topological polar surface area (TPSA) is 57.6 Å². The van der Waals surface area contributed by atoms with Crippen LogP contribution < -0.4 is 0 Å². The molecule has 0 aromatic rings. The molecule has 0 aromatic carbocycles. The number of carbonyl (C=O) groups excluding carboxylic acids is 1. The lowest BCUT2D eigenvalue weighted by molar-refractivity contribution is -0.150. The van der Waals surface area contributed by atoms with E-state index in [0.717, 1.165) is 6.42 Å². The summed E-state index contributed by atoms with van der Waals surface area (Å²) in [5, 5.41) is 9.19. The van der Waals surface area contributed by atoms with Crippen LogP contribution in [0.5, 0.6) is 0 Å². The summed E-state index contributed by atoms with van der Waals surface area (Å²) in [5.41, 5.74) is -0.107. The van der Waals surface area contributed by atoms with Gasteiger partial charge in [-0.1, -0.05) is 27.7 Å². The number of rotatable bonds is 5. The number of hydrogen-bond donors (Lipinski definition) is 1. The Balaban J connectivity index is 4.85. The molecule has 4 heteroatoms. The molecule has 0 spiro atoms. The lowest BCUT2D eigenvalue weighted by Gasteiger charge is -2.32. The number of carbonyl (C=O) groups is 2. The zero-order valence-electron chi connectivity index (χ0n) is 10.9. The molecule has 0 saturated heterocycles. The van der Waals surface area contributed by atoms with Gasteiger partial charge >= 0.3 is 5.97 Å². The first-order chi connectivity index (χ1) is 7.19. The molecule has 0 rings (SSSR count). The zero-order chi connectivity index (χ0) is 12.9. The van der Waals surface area contributed by atoms with Crippen LogP contribution in [-0.4, -0.2) is 34.5 Å². The van der Waals surface area contributed by atoms with Gasteiger partial charge in [-0.05, 0) is 18.3 Å². The number of nitrogens with zero attached hydrogens (tertiary/aromatic N) is 1. The Kier molecular flexibility index (Phi) is 5.48. The van der Waals surface area contributed by atoms with Crippen LogP contribution >= 0.6 is 0 Å². The van der Waals surface area contributed by atoms with E-state index in [-0.39, 0.29) is 11.3 Å². The fourth-order valence-electron chi connectivity index (χ4n) is 1.68. The van der Waals surface area contributed by atoms with Gasteiger partial charge in [0.25, 0.3) is 0 Å². The number of amides is 1. The molecule has 0 aliphatic heterocycles. The highest BCUT2D eigenvalue weighted by Gasteiger charge is 2.31. The van der Waals surface area contributed by atoms with Gasteiger partial charge in [-0.2, -0.15) is 0 Å². The third-order valence-corrected chi connectivity index (χ3v) is 2.34. The van der Waals surface area contributed by atoms with Crippen molar-refractivity contribution in [1.29, 1.82) is 0 Å². The third-order valence-electron chi connectivity index (χ3n) is 2.34. The molecule has 0 fully saturated rings. The fraction of sp³-hybridized carbons (Fsp3) is 0.833. The molecule has 94 valence electrons. The van der Waals surface area contributed by atoms with Crippen molar-refractivity contribution in [2.24, 2.45) is 5.41 Å². The number of carboxylic acids is 1. The molecule has 1 unspecified atom stereocenters. The average molecular weight is 229 g/mol. The Morgan fingerprint density at radius 2 is 1.81 bits per heavy atom. The van der Waals surface area contributed by atoms with Gasteiger partial charge in [-0.15, -0.1) is 0 Å². The van der Waals surface area contributed by atoms with Crippen molar-refractivity contribution >= 4 is 11.9 Å². The van der Waals surface area contributed by atoms with Crippen molar-refractivity contribution in [1.82, 2.24) is 4.90 Å². The number of hydrogen-bond acceptors (Lipinski definition) is 2. The molecular weight excluding hydrogens is 206 g/mol. The Labute approximate surface area is 97.6 Å². The van der Waals surface area contributed by atoms with E-state index in [9.17, 15) is 14.7 Å². The van der Waals surface area contributed by atoms with Gasteiger partial charge in [-0.3, -0.25) is 4.79 Å². The van der Waals surface area contributed by atoms with Crippen molar-refractivity contribution in [2.75, 3.05) is 6.54 Å². The lowest BCUT2D eigenvalue weighted by Crippen LogP contribution is -2.46. The fourth-order valence-corrected chi connectivity index (χ4v) is 1.68. The predicted molar refractivity (Wildman–Crippen MR) is 63.2 cm³/mol. The van der Waals surface area contributed by atoms with Gasteiger partial charge < -0.3 is 10.0 Å². The smallest absolute Gasteiger partial charge is 0.326 e. The molecule has 0 aliphatic rings. The monoisotopic (exact) mass is 229 g/mol. The molecule has 0 heterocycles. The summed E-state index contributed by atoms with van der Waals surface area (Å²) in [4.78, 5) is 24.1. The van der Waals surface area contributed by atoms with Crippen molar-refractivity contribution in [2.45, 2.75) is 53.5 Å². The normalized spacial score (nSPS) is 13.3. The van der Waals surface area contributed by atoms with Gasteiger partial charge in [0.2, 0.25) is 5.91 Å². The highest BCUT2D eigenvalue weighted by Crippen LogP contribution is 2.24. The second-order valence-electron chi connectivity index (χ2n) is 5.33. The summed E-state index contributed by atoms with van der Waals surface area (Å²) in [5.74, 6) is -1.09. The van der Waals surface area contributed by atoms with Crippen LogP contribution in [0.2, 0.25) is 0 Å². The highest BCUT2D eigenvalue weighted by molar-refractivity contribution is 5.82. The highest BCUT2D eigenvalue weighted by atomic mass is 16.4. The molecule has 0 radical (unpaired) electrons. The molecule has 4 nitrogen and oxygen atoms in total. The Hall–Kier alpha value is -1.06. The maximum atomic E-state index is 11.4. The minimum Gasteiger partial charge on any atom is -0.480 e. The van der Waals surface area contributed by atoms with Crippen LogP contribution in [0.15, 0.2) is 0 Å². The Bertz CT molecular complexity index is 255. The minimum atomic E-state index is -0.918. The largest absolute Gasteiger partial charge is 0.480 e. The summed E-state index contributed by atoms with van der Waals surface area (Å²) in [6.45, 7) is 9.80. The first-order valence-corrected chi connectivity index (χ1v) is 5.69. The zero-order valence-corrected chi connectivity index (χ0v) is 10.9. The van der Waals surface area contributed by atoms with Crippen molar-refractivity contribution in [3.63, 3.8) is 0 Å². The maximum absolute atomic E-state index is 11.4. The van der Waals surface area contributed by atoms with Gasteiger partial charge in [0.05, 0.1) is 0 Å². The van der Waals surface area contributed by atoms with Crippen LogP contribution in [0, 0.1) is 5.41 Å². The van der Waals surface area contributed by atoms with E-state index in [1.165, 1.54) is 11.8 Å². The Morgan fingerprint density at radius 3 is 2.06 bits per heavy atom. The van der Waals surface area contributed by atoms with Gasteiger partial charge in [-0.25, -0.2) is 4.79 Å². The SMILES string of the molecule is CCCN(C(C)=O)C(CC(C)(C)C)C(=O)O. The van der Waals surface area contributed by atoms with E-state index in [2.05, 4.69) is 0 Å². The van der Waals surface area contributed by atoms with Gasteiger partial charge in [0, 0.05) is 13.5 Å². The first kappa shape index (κ1) is 14.9. The van der Waals surface area contributed by atoms with Crippen molar-refractivity contribution < 1.29 is 14.7 Å². The molecule has 1 amide bonds. The van der Waals surface area contributed by atoms with Crippen LogP contribution in [0.25, 0.3) is 0 Å². The average Bonchev–Trinajstić information content (AvgIpc) is 2.08. The second-order valence-corrected chi connectivity index (χ2v) is 5.33. The molecule has 1 atom stereocenters. The first-order valence-electron chi connectivity index (χ1n) is 5.69. The molecular formula is C12H23NO3. The van der Waals surface area contributed by atoms with Gasteiger partial charge in [0.1, 0.15) is 6.04 Å². The van der Waals surface area contributed by atoms with E-state index < -0.39 is 12.0 Å². The molecule has 0 aromatic heterocycles. The molecule has 0 aliphatic carbocycles. The summed E-state index contributed by atoms with van der Waals surface area (Å²) < 4.78 is 0. The van der Waals surface area contributed by atoms with Crippen molar-refractivity contribution in [3.8, 4) is 0 Å². The maximum Gasteiger partial charge on any atom is 0.326 e. The quantitative estimate of drug-likeness (QED) is 0.785. The summed E-state index contributed by atoms with van der Waals surface area (Å²) >= 11 is 0. The van der Waals surface area contributed by atoms with Crippen molar-refractivity contribution in [3.05, 3.63) is 0 Å². The van der Waals surface area contributed by atoms with E-state index in [4.69, 9.17) is 0 Å². The minimum absolute atomic E-state index is 0.107. The number of aliphatic carboxylic acids is 1. The second kappa shape index (κ2) is 5.87. The van der Waals surface area contributed by atoms with Crippen LogP contribution in [-0.2, 0) is 9.59 Å². The Morgan fingerprint density at radius 1 is 1.31 bits per heavy atom. The molecule has 0 saturated carbocycles.